The third-order valence-electron chi connectivity index (χ3n) is 3.18. The van der Waals surface area contributed by atoms with Crippen LogP contribution in [0, 0.1) is 0 Å². The van der Waals surface area contributed by atoms with Crippen molar-refractivity contribution in [3.63, 3.8) is 0 Å². The van der Waals surface area contributed by atoms with E-state index in [4.69, 9.17) is 9.47 Å². The van der Waals surface area contributed by atoms with Gasteiger partial charge in [0.25, 0.3) is 10.0 Å². The van der Waals surface area contributed by atoms with E-state index < -0.39 is 10.0 Å². The van der Waals surface area contributed by atoms with Gasteiger partial charge >= 0.3 is 0 Å². The van der Waals surface area contributed by atoms with E-state index in [0.717, 1.165) is 4.47 Å². The lowest BCUT2D eigenvalue weighted by Crippen LogP contribution is -2.35. The smallest absolute Gasteiger partial charge is 0.257 e. The summed E-state index contributed by atoms with van der Waals surface area (Å²) in [5, 5.41) is 0. The van der Waals surface area contributed by atoms with Crippen molar-refractivity contribution in [1.29, 1.82) is 0 Å². The van der Waals surface area contributed by atoms with E-state index in [1.54, 1.807) is 30.3 Å². The summed E-state index contributed by atoms with van der Waals surface area (Å²) >= 11 is 3.26. The molecule has 0 bridgehead atoms. The molecule has 23 heavy (non-hydrogen) atoms. The Kier molecular flexibility index (Phi) is 4.29. The van der Waals surface area contributed by atoms with Gasteiger partial charge in [0.05, 0.1) is 4.90 Å². The lowest BCUT2D eigenvalue weighted by atomic mass is 10.1. The van der Waals surface area contributed by atoms with E-state index in [-0.39, 0.29) is 11.7 Å². The van der Waals surface area contributed by atoms with Crippen LogP contribution in [0.3, 0.4) is 0 Å². The minimum atomic E-state index is -3.69. The fourth-order valence-electron chi connectivity index (χ4n) is 1.96. The van der Waals surface area contributed by atoms with Gasteiger partial charge in [-0.25, -0.2) is 8.42 Å². The van der Waals surface area contributed by atoms with Crippen molar-refractivity contribution in [3.05, 3.63) is 59.1 Å². The summed E-state index contributed by atoms with van der Waals surface area (Å²) in [6.45, 7) is 3.99. The molecule has 0 fully saturated rings. The third kappa shape index (κ3) is 3.49. The van der Waals surface area contributed by atoms with Crippen molar-refractivity contribution in [3.8, 4) is 11.5 Å². The van der Waals surface area contributed by atoms with Crippen LogP contribution in [0.2, 0.25) is 0 Å². The zero-order valence-corrected chi connectivity index (χ0v) is 14.3. The zero-order valence-electron chi connectivity index (χ0n) is 11.9. The first kappa shape index (κ1) is 15.9. The van der Waals surface area contributed by atoms with E-state index in [9.17, 15) is 8.42 Å². The maximum Gasteiger partial charge on any atom is 0.257 e. The minimum absolute atomic E-state index is 0.145. The number of halogens is 1. The average molecular weight is 397 g/mol. The van der Waals surface area contributed by atoms with Gasteiger partial charge in [-0.2, -0.15) is 0 Å². The number of fused-ring (bicyclic) bond motifs is 1. The summed E-state index contributed by atoms with van der Waals surface area (Å²) in [4.78, 5) is 2.44. The lowest BCUT2D eigenvalue weighted by molar-refractivity contribution is 0.174. The van der Waals surface area contributed by atoms with Crippen molar-refractivity contribution in [2.24, 2.45) is 0 Å². The summed E-state index contributed by atoms with van der Waals surface area (Å²) < 4.78 is 35.7. The molecule has 0 aromatic heterocycles. The molecule has 0 atom stereocenters. The molecule has 0 unspecified atom stereocenters. The second-order valence-electron chi connectivity index (χ2n) is 4.73. The number of rotatable bonds is 5. The van der Waals surface area contributed by atoms with Crippen molar-refractivity contribution in [2.75, 3.05) is 6.79 Å². The van der Waals surface area contributed by atoms with Crippen molar-refractivity contribution in [1.82, 2.24) is 10.3 Å². The van der Waals surface area contributed by atoms with Crippen LogP contribution in [0.4, 0.5) is 0 Å². The van der Waals surface area contributed by atoms with Crippen LogP contribution in [0.1, 0.15) is 5.56 Å². The normalized spacial score (nSPS) is 12.9. The van der Waals surface area contributed by atoms with Crippen LogP contribution in [0.25, 0.3) is 5.70 Å². The highest BCUT2D eigenvalue weighted by molar-refractivity contribution is 9.10. The Hall–Kier alpha value is -2.03. The zero-order chi connectivity index (χ0) is 16.4. The first-order valence-electron chi connectivity index (χ1n) is 6.58. The summed E-state index contributed by atoms with van der Waals surface area (Å²) in [5.41, 5.74) is 3.68. The molecule has 2 aromatic carbocycles. The standard InChI is InChI=1S/C15H13BrN2O4S/c1-10(11-2-7-14-15(8-11)22-9-21-14)17-18-23(19,20)13-5-3-12(16)4-6-13/h2-8,17-18H,1,9H2. The van der Waals surface area contributed by atoms with Crippen molar-refractivity contribution in [2.45, 2.75) is 4.90 Å². The van der Waals surface area contributed by atoms with Gasteiger partial charge in [-0.05, 0) is 42.5 Å². The Balaban J connectivity index is 1.70. The van der Waals surface area contributed by atoms with E-state index in [2.05, 4.69) is 32.8 Å². The first-order chi connectivity index (χ1) is 11.0. The molecule has 0 saturated heterocycles. The molecule has 0 saturated carbocycles. The fourth-order valence-corrected chi connectivity index (χ4v) is 3.09. The van der Waals surface area contributed by atoms with Gasteiger partial charge in [-0.15, -0.1) is 4.83 Å². The summed E-state index contributed by atoms with van der Waals surface area (Å²) in [6.07, 6.45) is 0. The summed E-state index contributed by atoms with van der Waals surface area (Å²) in [7, 11) is -3.69. The highest BCUT2D eigenvalue weighted by Crippen LogP contribution is 2.33. The Morgan fingerprint density at radius 1 is 1.09 bits per heavy atom. The van der Waals surface area contributed by atoms with Crippen molar-refractivity contribution >= 4 is 31.7 Å². The minimum Gasteiger partial charge on any atom is -0.454 e. The monoisotopic (exact) mass is 396 g/mol. The quantitative estimate of drug-likeness (QED) is 0.759. The molecule has 6 nitrogen and oxygen atoms in total. The topological polar surface area (TPSA) is 76.7 Å². The predicted octanol–water partition coefficient (Wildman–Crippen LogP) is 2.63. The number of hydrogen-bond donors (Lipinski definition) is 2. The Morgan fingerprint density at radius 3 is 2.52 bits per heavy atom. The highest BCUT2D eigenvalue weighted by Gasteiger charge is 2.16. The van der Waals surface area contributed by atoms with E-state index in [1.165, 1.54) is 12.1 Å². The number of hydrogen-bond acceptors (Lipinski definition) is 5. The maximum atomic E-state index is 12.2. The molecule has 1 aliphatic heterocycles. The van der Waals surface area contributed by atoms with Crippen LogP contribution in [-0.4, -0.2) is 15.2 Å². The van der Waals surface area contributed by atoms with Crippen LogP contribution in [0.5, 0.6) is 11.5 Å². The van der Waals surface area contributed by atoms with E-state index in [1.807, 2.05) is 0 Å². The van der Waals surface area contributed by atoms with Crippen molar-refractivity contribution < 1.29 is 17.9 Å². The summed E-state index contributed by atoms with van der Waals surface area (Å²) in [6, 6.07) is 11.5. The van der Waals surface area contributed by atoms with Crippen LogP contribution < -0.4 is 19.7 Å². The second-order valence-corrected chi connectivity index (χ2v) is 7.33. The number of hydrazine groups is 1. The summed E-state index contributed by atoms with van der Waals surface area (Å²) in [5.74, 6) is 1.25. The molecular formula is C15H13BrN2O4S. The molecule has 120 valence electrons. The van der Waals surface area contributed by atoms with Gasteiger partial charge in [0.15, 0.2) is 11.5 Å². The molecule has 0 amide bonds. The van der Waals surface area contributed by atoms with Crippen LogP contribution in [-0.2, 0) is 10.0 Å². The largest absolute Gasteiger partial charge is 0.454 e. The molecular weight excluding hydrogens is 384 g/mol. The van der Waals surface area contributed by atoms with Gasteiger partial charge in [0.1, 0.15) is 0 Å². The lowest BCUT2D eigenvalue weighted by Gasteiger charge is -2.12. The van der Waals surface area contributed by atoms with Crippen LogP contribution >= 0.6 is 15.9 Å². The molecule has 2 aromatic rings. The Morgan fingerprint density at radius 2 is 1.78 bits per heavy atom. The predicted molar refractivity (Wildman–Crippen MR) is 89.2 cm³/mol. The van der Waals surface area contributed by atoms with E-state index in [0.29, 0.717) is 22.8 Å². The number of benzene rings is 2. The Labute approximate surface area is 142 Å². The number of sulfonamides is 1. The molecule has 2 N–H and O–H groups in total. The molecule has 0 radical (unpaired) electrons. The third-order valence-corrected chi connectivity index (χ3v) is 4.97. The van der Waals surface area contributed by atoms with Crippen LogP contribution in [0.15, 0.2) is 58.4 Å². The molecule has 1 aliphatic rings. The van der Waals surface area contributed by atoms with Gasteiger partial charge in [-0.3, -0.25) is 0 Å². The molecule has 8 heteroatoms. The van der Waals surface area contributed by atoms with Gasteiger partial charge in [0, 0.05) is 15.7 Å². The molecule has 0 spiro atoms. The maximum absolute atomic E-state index is 12.2. The molecule has 3 rings (SSSR count). The average Bonchev–Trinajstić information content (AvgIpc) is 3.00. The van der Waals surface area contributed by atoms with Gasteiger partial charge in [0.2, 0.25) is 6.79 Å². The van der Waals surface area contributed by atoms with E-state index >= 15 is 0 Å². The second kappa shape index (κ2) is 6.23. The molecule has 0 aliphatic carbocycles. The SMILES string of the molecule is C=C(NNS(=O)(=O)c1ccc(Br)cc1)c1ccc2c(c1)OCO2. The first-order valence-corrected chi connectivity index (χ1v) is 8.86. The molecule has 1 heterocycles. The number of ether oxygens (including phenoxy) is 2. The Bertz CT molecular complexity index is 850. The fraction of sp³-hybridized carbons (Fsp3) is 0.0667. The van der Waals surface area contributed by atoms with Gasteiger partial charge in [-0.1, -0.05) is 22.5 Å². The van der Waals surface area contributed by atoms with Gasteiger partial charge < -0.3 is 14.9 Å². The number of nitrogens with one attached hydrogen (secondary N) is 2. The highest BCUT2D eigenvalue weighted by atomic mass is 79.9.